The molecular weight excluding hydrogens is 230 g/mol. The van der Waals surface area contributed by atoms with Crippen LogP contribution in [0.3, 0.4) is 0 Å². The molecule has 16 heavy (non-hydrogen) atoms. The number of piperidine rings is 1. The van der Waals surface area contributed by atoms with Crippen LogP contribution in [-0.4, -0.2) is 39.2 Å². The molecule has 1 saturated heterocycles. The SMILES string of the molecule is CC1CCNC(C(=O)NCCS(N)(=O)=O)C1. The number of rotatable bonds is 4. The molecule has 1 fully saturated rings. The Balaban J connectivity index is 2.29. The zero-order valence-corrected chi connectivity index (χ0v) is 10.2. The molecule has 1 rings (SSSR count). The Morgan fingerprint density at radius 2 is 2.25 bits per heavy atom. The summed E-state index contributed by atoms with van der Waals surface area (Å²) in [5.41, 5.74) is 0. The summed E-state index contributed by atoms with van der Waals surface area (Å²) in [5, 5.41) is 10.5. The predicted molar refractivity (Wildman–Crippen MR) is 61.2 cm³/mol. The smallest absolute Gasteiger partial charge is 0.237 e. The maximum absolute atomic E-state index is 11.6. The Kier molecular flexibility index (Phi) is 4.69. The molecule has 2 unspecified atom stereocenters. The highest BCUT2D eigenvalue weighted by molar-refractivity contribution is 7.89. The molecule has 1 aliphatic rings. The lowest BCUT2D eigenvalue weighted by Gasteiger charge is -2.27. The van der Waals surface area contributed by atoms with E-state index < -0.39 is 10.0 Å². The average Bonchev–Trinajstić information content (AvgIpc) is 2.15. The van der Waals surface area contributed by atoms with Crippen LogP contribution in [0.25, 0.3) is 0 Å². The molecule has 0 bridgehead atoms. The van der Waals surface area contributed by atoms with Gasteiger partial charge in [-0.3, -0.25) is 4.79 Å². The van der Waals surface area contributed by atoms with Crippen LogP contribution in [0.4, 0.5) is 0 Å². The molecule has 2 atom stereocenters. The first kappa shape index (κ1) is 13.4. The lowest BCUT2D eigenvalue weighted by Crippen LogP contribution is -2.49. The Morgan fingerprint density at radius 1 is 1.56 bits per heavy atom. The lowest BCUT2D eigenvalue weighted by atomic mass is 9.94. The fraction of sp³-hybridized carbons (Fsp3) is 0.889. The maximum atomic E-state index is 11.6. The first-order chi connectivity index (χ1) is 7.38. The summed E-state index contributed by atoms with van der Waals surface area (Å²) in [4.78, 5) is 11.6. The zero-order valence-electron chi connectivity index (χ0n) is 9.40. The minimum atomic E-state index is -3.50. The maximum Gasteiger partial charge on any atom is 0.237 e. The van der Waals surface area contributed by atoms with Crippen LogP contribution >= 0.6 is 0 Å². The van der Waals surface area contributed by atoms with Crippen LogP contribution in [0, 0.1) is 5.92 Å². The molecule has 1 heterocycles. The van der Waals surface area contributed by atoms with Crippen molar-refractivity contribution in [1.29, 1.82) is 0 Å². The quantitative estimate of drug-likeness (QED) is 0.581. The standard InChI is InChI=1S/C9H19N3O3S/c1-7-2-3-11-8(6-7)9(13)12-4-5-16(10,14)15/h7-8,11H,2-6H2,1H3,(H,12,13)(H2,10,14,15). The molecule has 0 aliphatic carbocycles. The van der Waals surface area contributed by atoms with Crippen LogP contribution in [-0.2, 0) is 14.8 Å². The van der Waals surface area contributed by atoms with Crippen molar-refractivity contribution in [1.82, 2.24) is 10.6 Å². The van der Waals surface area contributed by atoms with E-state index in [1.54, 1.807) is 0 Å². The number of hydrogen-bond donors (Lipinski definition) is 3. The molecule has 0 radical (unpaired) electrons. The van der Waals surface area contributed by atoms with Gasteiger partial charge in [0.25, 0.3) is 0 Å². The van der Waals surface area contributed by atoms with Gasteiger partial charge in [-0.05, 0) is 25.3 Å². The lowest BCUT2D eigenvalue weighted by molar-refractivity contribution is -0.123. The molecule has 7 heteroatoms. The van der Waals surface area contributed by atoms with Crippen LogP contribution in [0.1, 0.15) is 19.8 Å². The van der Waals surface area contributed by atoms with E-state index in [0.29, 0.717) is 5.92 Å². The summed E-state index contributed by atoms with van der Waals surface area (Å²) >= 11 is 0. The molecule has 1 aliphatic heterocycles. The number of primary sulfonamides is 1. The number of carbonyl (C=O) groups is 1. The van der Waals surface area contributed by atoms with Crippen molar-refractivity contribution in [3.05, 3.63) is 0 Å². The average molecular weight is 249 g/mol. The number of carbonyl (C=O) groups excluding carboxylic acids is 1. The Hall–Kier alpha value is -0.660. The number of amides is 1. The zero-order chi connectivity index (χ0) is 12.2. The normalized spacial score (nSPS) is 26.4. The van der Waals surface area contributed by atoms with Crippen molar-refractivity contribution in [2.24, 2.45) is 11.1 Å². The predicted octanol–water partition coefficient (Wildman–Crippen LogP) is -1.22. The summed E-state index contributed by atoms with van der Waals surface area (Å²) in [6.45, 7) is 3.00. The Morgan fingerprint density at radius 3 is 2.81 bits per heavy atom. The van der Waals surface area contributed by atoms with Gasteiger partial charge in [0.2, 0.25) is 15.9 Å². The van der Waals surface area contributed by atoms with Crippen molar-refractivity contribution < 1.29 is 13.2 Å². The second-order valence-corrected chi connectivity index (χ2v) is 6.03. The number of hydrogen-bond acceptors (Lipinski definition) is 4. The molecule has 0 saturated carbocycles. The van der Waals surface area contributed by atoms with Crippen LogP contribution in [0.5, 0.6) is 0 Å². The highest BCUT2D eigenvalue weighted by Gasteiger charge is 2.24. The largest absolute Gasteiger partial charge is 0.354 e. The van der Waals surface area contributed by atoms with Gasteiger partial charge in [0.05, 0.1) is 11.8 Å². The van der Waals surface area contributed by atoms with Gasteiger partial charge in [-0.25, -0.2) is 13.6 Å². The van der Waals surface area contributed by atoms with Crippen molar-refractivity contribution in [2.45, 2.75) is 25.8 Å². The van der Waals surface area contributed by atoms with Gasteiger partial charge >= 0.3 is 0 Å². The first-order valence-electron chi connectivity index (χ1n) is 5.40. The summed E-state index contributed by atoms with van der Waals surface area (Å²) in [5.74, 6) is 0.159. The van der Waals surface area contributed by atoms with Crippen molar-refractivity contribution in [3.8, 4) is 0 Å². The summed E-state index contributed by atoms with van der Waals surface area (Å²) < 4.78 is 21.3. The molecule has 6 nitrogen and oxygen atoms in total. The van der Waals surface area contributed by atoms with Gasteiger partial charge in [0, 0.05) is 6.54 Å². The number of sulfonamides is 1. The van der Waals surface area contributed by atoms with Crippen molar-refractivity contribution >= 4 is 15.9 Å². The Labute approximate surface area is 96.0 Å². The van der Waals surface area contributed by atoms with Gasteiger partial charge in [-0.2, -0.15) is 0 Å². The molecule has 0 aromatic carbocycles. The monoisotopic (exact) mass is 249 g/mol. The molecule has 4 N–H and O–H groups in total. The molecular formula is C9H19N3O3S. The van der Waals surface area contributed by atoms with Crippen LogP contribution < -0.4 is 15.8 Å². The summed E-state index contributed by atoms with van der Waals surface area (Å²) in [7, 11) is -3.50. The fourth-order valence-corrected chi connectivity index (χ4v) is 2.13. The van der Waals surface area contributed by atoms with Gasteiger partial charge in [-0.15, -0.1) is 0 Å². The third kappa shape index (κ3) is 4.91. The third-order valence-corrected chi connectivity index (χ3v) is 3.44. The first-order valence-corrected chi connectivity index (χ1v) is 7.11. The van der Waals surface area contributed by atoms with Gasteiger partial charge in [-0.1, -0.05) is 6.92 Å². The van der Waals surface area contributed by atoms with Crippen LogP contribution in [0.15, 0.2) is 0 Å². The minimum Gasteiger partial charge on any atom is -0.354 e. The number of nitrogens with two attached hydrogens (primary N) is 1. The van der Waals surface area contributed by atoms with Gasteiger partial charge < -0.3 is 10.6 Å². The Bertz CT molecular complexity index is 342. The van der Waals surface area contributed by atoms with Crippen LogP contribution in [0.2, 0.25) is 0 Å². The van der Waals surface area contributed by atoms with E-state index in [9.17, 15) is 13.2 Å². The topological polar surface area (TPSA) is 101 Å². The third-order valence-electron chi connectivity index (χ3n) is 2.67. The molecule has 0 aromatic rings. The van der Waals surface area contributed by atoms with E-state index in [1.807, 2.05) is 0 Å². The second-order valence-electron chi connectivity index (χ2n) is 4.29. The van der Waals surface area contributed by atoms with E-state index in [0.717, 1.165) is 19.4 Å². The molecule has 1 amide bonds. The summed E-state index contributed by atoms with van der Waals surface area (Å²) in [6, 6.07) is -0.204. The van der Waals surface area contributed by atoms with Gasteiger partial charge in [0.15, 0.2) is 0 Å². The molecule has 0 spiro atoms. The van der Waals surface area contributed by atoms with E-state index in [-0.39, 0.29) is 24.2 Å². The van der Waals surface area contributed by atoms with E-state index in [2.05, 4.69) is 17.6 Å². The van der Waals surface area contributed by atoms with E-state index >= 15 is 0 Å². The van der Waals surface area contributed by atoms with E-state index in [4.69, 9.17) is 5.14 Å². The van der Waals surface area contributed by atoms with Crippen molar-refractivity contribution in [3.63, 3.8) is 0 Å². The fourth-order valence-electron chi connectivity index (χ4n) is 1.75. The molecule has 94 valence electrons. The number of nitrogens with one attached hydrogen (secondary N) is 2. The highest BCUT2D eigenvalue weighted by Crippen LogP contribution is 2.14. The second kappa shape index (κ2) is 5.60. The molecule has 0 aromatic heterocycles. The van der Waals surface area contributed by atoms with Gasteiger partial charge in [0.1, 0.15) is 0 Å². The minimum absolute atomic E-state index is 0.0736. The highest BCUT2D eigenvalue weighted by atomic mass is 32.2. The summed E-state index contributed by atoms with van der Waals surface area (Å²) in [6.07, 6.45) is 1.86. The van der Waals surface area contributed by atoms with Crippen molar-refractivity contribution in [2.75, 3.05) is 18.8 Å². The van der Waals surface area contributed by atoms with E-state index in [1.165, 1.54) is 0 Å².